The number of hydrogen-bond acceptors (Lipinski definition) is 1. The van der Waals surface area contributed by atoms with E-state index in [0.29, 0.717) is 0 Å². The van der Waals surface area contributed by atoms with Crippen LogP contribution in [0.25, 0.3) is 0 Å². The Morgan fingerprint density at radius 3 is 2.22 bits per heavy atom. The second-order valence-corrected chi connectivity index (χ2v) is 6.29. The highest BCUT2D eigenvalue weighted by Gasteiger charge is 2.12. The highest BCUT2D eigenvalue weighted by Crippen LogP contribution is 2.32. The first kappa shape index (κ1) is 9.46. The molecule has 0 bridgehead atoms. The van der Waals surface area contributed by atoms with E-state index in [2.05, 4.69) is 31.9 Å². The van der Waals surface area contributed by atoms with Gasteiger partial charge in [-0.25, -0.2) is 4.79 Å². The van der Waals surface area contributed by atoms with Crippen molar-refractivity contribution in [1.82, 2.24) is 0 Å². The number of aliphatic carboxylic acids is 1. The van der Waals surface area contributed by atoms with E-state index in [4.69, 9.17) is 16.7 Å². The lowest BCUT2D eigenvalue weighted by Crippen LogP contribution is -1.95. The van der Waals surface area contributed by atoms with Gasteiger partial charge in [0.2, 0.25) is 0 Å². The molecule has 0 amide bonds. The standard InChI is InChI=1S/C4H3Br2ClO2/c5-4(6,7)2-1-3(8)9/h1-2H,(H,8,9)/b2-1+. The van der Waals surface area contributed by atoms with Crippen LogP contribution in [0.2, 0.25) is 0 Å². The van der Waals surface area contributed by atoms with Crippen LogP contribution in [0.3, 0.4) is 0 Å². The largest absolute Gasteiger partial charge is 0.478 e. The minimum Gasteiger partial charge on any atom is -0.478 e. The molecule has 0 spiro atoms. The van der Waals surface area contributed by atoms with Gasteiger partial charge in [0.25, 0.3) is 0 Å². The van der Waals surface area contributed by atoms with E-state index in [1.54, 1.807) is 0 Å². The number of carbonyl (C=O) groups is 1. The second kappa shape index (κ2) is 3.58. The number of hydrogen-bond donors (Lipinski definition) is 1. The summed E-state index contributed by atoms with van der Waals surface area (Å²) in [5.41, 5.74) is 0. The molecular formula is C4H3Br2ClO2. The van der Waals surface area contributed by atoms with E-state index in [-0.39, 0.29) is 0 Å². The molecule has 9 heavy (non-hydrogen) atoms. The quantitative estimate of drug-likeness (QED) is 0.621. The van der Waals surface area contributed by atoms with Crippen LogP contribution in [0.5, 0.6) is 0 Å². The van der Waals surface area contributed by atoms with Crippen LogP contribution in [0.4, 0.5) is 0 Å². The summed E-state index contributed by atoms with van der Waals surface area (Å²) in [6, 6.07) is 0. The molecule has 0 radical (unpaired) electrons. The predicted molar refractivity (Wildman–Crippen MR) is 43.2 cm³/mol. The minimum absolute atomic E-state index is 0.932. The third kappa shape index (κ3) is 8.46. The Balaban J connectivity index is 3.86. The number of rotatable bonds is 2. The summed E-state index contributed by atoms with van der Waals surface area (Å²) in [6.07, 6.45) is 2.20. The molecule has 5 heteroatoms. The second-order valence-electron chi connectivity index (χ2n) is 1.21. The Morgan fingerprint density at radius 1 is 1.67 bits per heavy atom. The minimum atomic E-state index is -1.03. The SMILES string of the molecule is O=C(O)/C=C/C(Cl)(Br)Br. The maximum atomic E-state index is 9.86. The van der Waals surface area contributed by atoms with Gasteiger partial charge in [0.15, 0.2) is 2.69 Å². The number of carboxylic acid groups (broad SMARTS) is 1. The van der Waals surface area contributed by atoms with Crippen LogP contribution < -0.4 is 0 Å². The normalized spacial score (nSPS) is 12.3. The van der Waals surface area contributed by atoms with Gasteiger partial charge in [0.1, 0.15) is 0 Å². The molecule has 0 rings (SSSR count). The van der Waals surface area contributed by atoms with E-state index in [9.17, 15) is 4.79 Å². The lowest BCUT2D eigenvalue weighted by molar-refractivity contribution is -0.131. The van der Waals surface area contributed by atoms with Gasteiger partial charge in [-0.1, -0.05) is 43.5 Å². The van der Waals surface area contributed by atoms with Crippen LogP contribution in [0, 0.1) is 0 Å². The van der Waals surface area contributed by atoms with Crippen LogP contribution in [0.1, 0.15) is 0 Å². The zero-order chi connectivity index (χ0) is 7.49. The maximum Gasteiger partial charge on any atom is 0.328 e. The summed E-state index contributed by atoms with van der Waals surface area (Å²) in [5.74, 6) is -1.03. The Hall–Kier alpha value is 0.460. The summed E-state index contributed by atoms with van der Waals surface area (Å²) in [5, 5.41) is 8.09. The third-order valence-electron chi connectivity index (χ3n) is 0.415. The smallest absolute Gasteiger partial charge is 0.328 e. The molecule has 0 aromatic carbocycles. The van der Waals surface area contributed by atoms with Gasteiger partial charge in [-0.15, -0.1) is 0 Å². The molecule has 0 heterocycles. The highest BCUT2D eigenvalue weighted by molar-refractivity contribution is 9.26. The highest BCUT2D eigenvalue weighted by atomic mass is 79.9. The van der Waals surface area contributed by atoms with Crippen molar-refractivity contribution in [2.24, 2.45) is 0 Å². The van der Waals surface area contributed by atoms with Crippen LogP contribution in [-0.2, 0) is 4.79 Å². The van der Waals surface area contributed by atoms with Crippen molar-refractivity contribution in [2.45, 2.75) is 2.69 Å². The molecule has 0 unspecified atom stereocenters. The molecular weight excluding hydrogens is 275 g/mol. The first-order chi connectivity index (χ1) is 3.92. The van der Waals surface area contributed by atoms with Gasteiger partial charge in [-0.05, 0) is 6.08 Å². The predicted octanol–water partition coefficient (Wildman–Crippen LogP) is 2.31. The number of allylic oxidation sites excluding steroid dienone is 1. The van der Waals surface area contributed by atoms with E-state index < -0.39 is 8.66 Å². The fourth-order valence-corrected chi connectivity index (χ4v) is 0.493. The number of halogens is 3. The van der Waals surface area contributed by atoms with E-state index in [0.717, 1.165) is 6.08 Å². The fourth-order valence-electron chi connectivity index (χ4n) is 0.166. The summed E-state index contributed by atoms with van der Waals surface area (Å²) in [4.78, 5) is 9.86. The lowest BCUT2D eigenvalue weighted by Gasteiger charge is -2.00. The van der Waals surface area contributed by atoms with Crippen molar-refractivity contribution in [3.05, 3.63) is 12.2 Å². The Bertz CT molecular complexity index is 138. The van der Waals surface area contributed by atoms with Gasteiger partial charge >= 0.3 is 5.97 Å². The molecule has 0 atom stereocenters. The summed E-state index contributed by atoms with van der Waals surface area (Å²) in [7, 11) is 0. The Kier molecular flexibility index (Phi) is 3.77. The molecule has 1 N–H and O–H groups in total. The molecule has 0 aliphatic carbocycles. The van der Waals surface area contributed by atoms with Crippen molar-refractivity contribution in [2.75, 3.05) is 0 Å². The van der Waals surface area contributed by atoms with Crippen LogP contribution in [-0.4, -0.2) is 13.8 Å². The monoisotopic (exact) mass is 276 g/mol. The maximum absolute atomic E-state index is 9.86. The summed E-state index contributed by atoms with van der Waals surface area (Å²) in [6.45, 7) is 0. The summed E-state index contributed by atoms with van der Waals surface area (Å²) >= 11 is 11.3. The van der Waals surface area contributed by atoms with Crippen molar-refractivity contribution >= 4 is 49.4 Å². The summed E-state index contributed by atoms with van der Waals surface area (Å²) < 4.78 is -0.932. The molecule has 0 aromatic heterocycles. The van der Waals surface area contributed by atoms with E-state index in [1.807, 2.05) is 0 Å². The average Bonchev–Trinajstić information content (AvgIpc) is 1.59. The zero-order valence-electron chi connectivity index (χ0n) is 4.14. The lowest BCUT2D eigenvalue weighted by atomic mass is 10.5. The zero-order valence-corrected chi connectivity index (χ0v) is 8.07. The van der Waals surface area contributed by atoms with Crippen molar-refractivity contribution in [3.63, 3.8) is 0 Å². The average molecular weight is 278 g/mol. The molecule has 0 aromatic rings. The van der Waals surface area contributed by atoms with Crippen LogP contribution >= 0.6 is 43.5 Å². The molecule has 0 saturated carbocycles. The van der Waals surface area contributed by atoms with Crippen molar-refractivity contribution in [1.29, 1.82) is 0 Å². The first-order valence-corrected chi connectivity index (χ1v) is 3.87. The van der Waals surface area contributed by atoms with Crippen molar-refractivity contribution < 1.29 is 9.90 Å². The molecule has 0 fully saturated rings. The molecule has 0 saturated heterocycles. The molecule has 2 nitrogen and oxygen atoms in total. The molecule has 52 valence electrons. The van der Waals surface area contributed by atoms with Gasteiger partial charge in [-0.2, -0.15) is 0 Å². The number of carboxylic acids is 1. The van der Waals surface area contributed by atoms with Crippen LogP contribution in [0.15, 0.2) is 12.2 Å². The first-order valence-electron chi connectivity index (χ1n) is 1.91. The molecule has 0 aliphatic heterocycles. The van der Waals surface area contributed by atoms with E-state index in [1.165, 1.54) is 6.08 Å². The fraction of sp³-hybridized carbons (Fsp3) is 0.250. The van der Waals surface area contributed by atoms with Gasteiger partial charge in [-0.3, -0.25) is 0 Å². The van der Waals surface area contributed by atoms with E-state index >= 15 is 0 Å². The Morgan fingerprint density at radius 2 is 2.11 bits per heavy atom. The van der Waals surface area contributed by atoms with Gasteiger partial charge < -0.3 is 5.11 Å². The van der Waals surface area contributed by atoms with Crippen molar-refractivity contribution in [3.8, 4) is 0 Å². The third-order valence-corrected chi connectivity index (χ3v) is 1.07. The topological polar surface area (TPSA) is 37.3 Å². The van der Waals surface area contributed by atoms with Gasteiger partial charge in [0, 0.05) is 6.08 Å². The Labute approximate surface area is 74.1 Å². The van der Waals surface area contributed by atoms with Gasteiger partial charge in [0.05, 0.1) is 0 Å². The number of alkyl halides is 3. The molecule has 0 aliphatic rings.